The average Bonchev–Trinajstić information content (AvgIpc) is 3.30. The standard InChI is InChI=1S/C18H12BrFN6S/c19-13-6-7-14(20)12(8-13)10-21-26-17(24-25-18(26)27)16-9-15(22-23-16)11-4-2-1-3-5-11/h1-10H,(H,22,23)(H,25,27)/b21-10+. The molecule has 0 saturated heterocycles. The minimum absolute atomic E-state index is 0.285. The number of hydrogen-bond acceptors (Lipinski definition) is 4. The zero-order chi connectivity index (χ0) is 18.8. The Morgan fingerprint density at radius 3 is 2.70 bits per heavy atom. The molecule has 4 rings (SSSR count). The van der Waals surface area contributed by atoms with E-state index in [1.165, 1.54) is 17.0 Å². The molecule has 9 heteroatoms. The van der Waals surface area contributed by atoms with E-state index < -0.39 is 0 Å². The summed E-state index contributed by atoms with van der Waals surface area (Å²) in [6, 6.07) is 16.2. The van der Waals surface area contributed by atoms with Crippen molar-refractivity contribution < 1.29 is 4.39 Å². The highest BCUT2D eigenvalue weighted by atomic mass is 79.9. The molecular formula is C18H12BrFN6S. The van der Waals surface area contributed by atoms with Crippen molar-refractivity contribution in [3.8, 4) is 22.8 Å². The van der Waals surface area contributed by atoms with E-state index in [4.69, 9.17) is 12.2 Å². The van der Waals surface area contributed by atoms with Gasteiger partial charge in [0.1, 0.15) is 11.5 Å². The van der Waals surface area contributed by atoms with Crippen LogP contribution >= 0.6 is 28.1 Å². The van der Waals surface area contributed by atoms with Crippen LogP contribution in [0.25, 0.3) is 22.8 Å². The van der Waals surface area contributed by atoms with Crippen LogP contribution < -0.4 is 0 Å². The van der Waals surface area contributed by atoms with Crippen molar-refractivity contribution in [3.05, 3.63) is 75.2 Å². The first kappa shape index (κ1) is 17.5. The van der Waals surface area contributed by atoms with Gasteiger partial charge in [-0.25, -0.2) is 9.49 Å². The molecule has 0 unspecified atom stereocenters. The van der Waals surface area contributed by atoms with Crippen molar-refractivity contribution in [1.82, 2.24) is 25.1 Å². The Morgan fingerprint density at radius 1 is 1.07 bits per heavy atom. The Labute approximate surface area is 166 Å². The van der Waals surface area contributed by atoms with Crippen LogP contribution in [0.4, 0.5) is 4.39 Å². The number of aromatic nitrogens is 5. The Balaban J connectivity index is 1.71. The van der Waals surface area contributed by atoms with Crippen LogP contribution in [0.5, 0.6) is 0 Å². The van der Waals surface area contributed by atoms with Gasteiger partial charge in [0.25, 0.3) is 0 Å². The average molecular weight is 443 g/mol. The number of rotatable bonds is 4. The molecule has 0 atom stereocenters. The van der Waals surface area contributed by atoms with Crippen molar-refractivity contribution in [2.45, 2.75) is 0 Å². The molecule has 2 aromatic carbocycles. The van der Waals surface area contributed by atoms with Crippen molar-refractivity contribution in [2.75, 3.05) is 0 Å². The third kappa shape index (κ3) is 3.64. The number of hydrogen-bond donors (Lipinski definition) is 2. The summed E-state index contributed by atoms with van der Waals surface area (Å²) in [6.07, 6.45) is 1.39. The molecule has 2 aromatic heterocycles. The maximum atomic E-state index is 13.9. The first-order chi connectivity index (χ1) is 13.1. The largest absolute Gasteiger partial charge is 0.274 e. The Morgan fingerprint density at radius 2 is 1.89 bits per heavy atom. The van der Waals surface area contributed by atoms with E-state index in [0.717, 1.165) is 15.7 Å². The van der Waals surface area contributed by atoms with Crippen LogP contribution in [0, 0.1) is 10.6 Å². The zero-order valence-electron chi connectivity index (χ0n) is 13.7. The summed E-state index contributed by atoms with van der Waals surface area (Å²) >= 11 is 8.56. The summed E-state index contributed by atoms with van der Waals surface area (Å²) in [6.45, 7) is 0. The first-order valence-electron chi connectivity index (χ1n) is 7.90. The molecule has 0 aliphatic heterocycles. The molecule has 0 amide bonds. The minimum atomic E-state index is -0.383. The molecule has 4 aromatic rings. The highest BCUT2D eigenvalue weighted by Gasteiger charge is 2.12. The Hall–Kier alpha value is -2.91. The van der Waals surface area contributed by atoms with Crippen LogP contribution in [0.15, 0.2) is 64.2 Å². The smallest absolute Gasteiger partial charge is 0.216 e. The fourth-order valence-corrected chi connectivity index (χ4v) is 3.06. The van der Waals surface area contributed by atoms with Gasteiger partial charge in [0.2, 0.25) is 10.6 Å². The van der Waals surface area contributed by atoms with Crippen LogP contribution in [0.1, 0.15) is 5.56 Å². The second kappa shape index (κ2) is 7.37. The molecular weight excluding hydrogens is 431 g/mol. The lowest BCUT2D eigenvalue weighted by Crippen LogP contribution is -1.96. The van der Waals surface area contributed by atoms with Gasteiger partial charge < -0.3 is 0 Å². The Kier molecular flexibility index (Phi) is 4.78. The molecule has 0 aliphatic carbocycles. The molecule has 2 heterocycles. The summed E-state index contributed by atoms with van der Waals surface area (Å²) in [5.41, 5.74) is 2.70. The number of H-pyrrole nitrogens is 2. The van der Waals surface area contributed by atoms with Crippen molar-refractivity contribution >= 4 is 34.4 Å². The van der Waals surface area contributed by atoms with Crippen molar-refractivity contribution in [2.24, 2.45) is 5.10 Å². The monoisotopic (exact) mass is 442 g/mol. The predicted octanol–water partition coefficient (Wildman–Crippen LogP) is 4.78. The summed E-state index contributed by atoms with van der Waals surface area (Å²) in [5, 5.41) is 18.4. The van der Waals surface area contributed by atoms with Gasteiger partial charge in [-0.05, 0) is 36.5 Å². The Bertz CT molecular complexity index is 1180. The van der Waals surface area contributed by atoms with E-state index in [1.54, 1.807) is 12.1 Å². The molecule has 0 radical (unpaired) electrons. The van der Waals surface area contributed by atoms with Gasteiger partial charge in [0.15, 0.2) is 0 Å². The third-order valence-electron chi connectivity index (χ3n) is 3.81. The van der Waals surface area contributed by atoms with E-state index in [2.05, 4.69) is 41.4 Å². The van der Waals surface area contributed by atoms with E-state index in [9.17, 15) is 4.39 Å². The maximum Gasteiger partial charge on any atom is 0.216 e. The van der Waals surface area contributed by atoms with E-state index in [-0.39, 0.29) is 10.6 Å². The number of nitrogens with one attached hydrogen (secondary N) is 2. The van der Waals surface area contributed by atoms with Gasteiger partial charge in [0, 0.05) is 15.6 Å². The van der Waals surface area contributed by atoms with Gasteiger partial charge in [-0.3, -0.25) is 5.10 Å². The number of benzene rings is 2. The maximum absolute atomic E-state index is 13.9. The quantitative estimate of drug-likeness (QED) is 0.352. The lowest BCUT2D eigenvalue weighted by atomic mass is 10.1. The molecule has 0 saturated carbocycles. The molecule has 27 heavy (non-hydrogen) atoms. The molecule has 0 aliphatic rings. The first-order valence-corrected chi connectivity index (χ1v) is 9.10. The second-order valence-corrected chi connectivity index (χ2v) is 6.91. The normalized spacial score (nSPS) is 11.3. The molecule has 0 bridgehead atoms. The fourth-order valence-electron chi connectivity index (χ4n) is 2.50. The summed E-state index contributed by atoms with van der Waals surface area (Å²) < 4.78 is 16.4. The van der Waals surface area contributed by atoms with Crippen LogP contribution in [-0.4, -0.2) is 31.3 Å². The lowest BCUT2D eigenvalue weighted by molar-refractivity contribution is 0.625. The molecule has 0 fully saturated rings. The van der Waals surface area contributed by atoms with Gasteiger partial charge in [0.05, 0.1) is 11.9 Å². The minimum Gasteiger partial charge on any atom is -0.274 e. The van der Waals surface area contributed by atoms with Crippen molar-refractivity contribution in [1.29, 1.82) is 0 Å². The van der Waals surface area contributed by atoms with Gasteiger partial charge in [-0.1, -0.05) is 46.3 Å². The fraction of sp³-hybridized carbons (Fsp3) is 0. The topological polar surface area (TPSA) is 74.7 Å². The second-order valence-electron chi connectivity index (χ2n) is 5.61. The molecule has 6 nitrogen and oxygen atoms in total. The predicted molar refractivity (Wildman–Crippen MR) is 108 cm³/mol. The molecule has 134 valence electrons. The number of aromatic amines is 2. The van der Waals surface area contributed by atoms with Gasteiger partial charge in [-0.15, -0.1) is 0 Å². The molecule has 2 N–H and O–H groups in total. The highest BCUT2D eigenvalue weighted by Crippen LogP contribution is 2.22. The summed E-state index contributed by atoms with van der Waals surface area (Å²) in [4.78, 5) is 0. The number of nitrogens with zero attached hydrogens (tertiary/aromatic N) is 4. The lowest BCUT2D eigenvalue weighted by Gasteiger charge is -1.99. The summed E-state index contributed by atoms with van der Waals surface area (Å²) in [7, 11) is 0. The van der Waals surface area contributed by atoms with Crippen LogP contribution in [-0.2, 0) is 0 Å². The highest BCUT2D eigenvalue weighted by molar-refractivity contribution is 9.10. The van der Waals surface area contributed by atoms with Crippen molar-refractivity contribution in [3.63, 3.8) is 0 Å². The van der Waals surface area contributed by atoms with Gasteiger partial charge >= 0.3 is 0 Å². The third-order valence-corrected chi connectivity index (χ3v) is 4.57. The number of halogens is 2. The zero-order valence-corrected chi connectivity index (χ0v) is 16.1. The van der Waals surface area contributed by atoms with E-state index in [1.807, 2.05) is 36.4 Å². The van der Waals surface area contributed by atoms with Gasteiger partial charge in [-0.2, -0.15) is 20.0 Å². The van der Waals surface area contributed by atoms with E-state index in [0.29, 0.717) is 17.1 Å². The SMILES string of the molecule is Fc1ccc(Br)cc1/C=N/n1c(-c2cc(-c3ccccc3)n[nH]2)n[nH]c1=S. The summed E-state index contributed by atoms with van der Waals surface area (Å²) in [5.74, 6) is 0.0627. The molecule has 0 spiro atoms. The van der Waals surface area contributed by atoms with Crippen LogP contribution in [0.2, 0.25) is 0 Å². The van der Waals surface area contributed by atoms with Crippen LogP contribution in [0.3, 0.4) is 0 Å². The van der Waals surface area contributed by atoms with E-state index >= 15 is 0 Å².